The zero-order valence-electron chi connectivity index (χ0n) is 8.69. The van der Waals surface area contributed by atoms with E-state index in [4.69, 9.17) is 9.94 Å². The van der Waals surface area contributed by atoms with Gasteiger partial charge in [-0.05, 0) is 31.1 Å². The minimum atomic E-state index is -0.980. The van der Waals surface area contributed by atoms with Gasteiger partial charge in [0, 0.05) is 0 Å². The van der Waals surface area contributed by atoms with Crippen molar-refractivity contribution in [3.05, 3.63) is 0 Å². The van der Waals surface area contributed by atoms with Crippen molar-refractivity contribution in [2.45, 2.75) is 33.1 Å². The third-order valence-corrected chi connectivity index (χ3v) is 2.80. The number of oxime groups is 1. The highest BCUT2D eigenvalue weighted by Gasteiger charge is 2.21. The maximum atomic E-state index is 10.2. The van der Waals surface area contributed by atoms with Crippen molar-refractivity contribution in [1.29, 1.82) is 0 Å². The van der Waals surface area contributed by atoms with Crippen LogP contribution in [0.5, 0.6) is 0 Å². The predicted octanol–water partition coefficient (Wildman–Crippen LogP) is 1.90. The molecule has 2 unspecified atom stereocenters. The molecule has 1 aliphatic carbocycles. The molecule has 2 atom stereocenters. The van der Waals surface area contributed by atoms with Gasteiger partial charge in [0.05, 0.1) is 5.71 Å². The summed E-state index contributed by atoms with van der Waals surface area (Å²) in [5.74, 6) is 0.371. The second-order valence-electron chi connectivity index (χ2n) is 4.02. The zero-order chi connectivity index (χ0) is 10.6. The Morgan fingerprint density at radius 1 is 1.57 bits per heavy atom. The lowest BCUT2D eigenvalue weighted by molar-refractivity contribution is -0.142. The lowest BCUT2D eigenvalue weighted by Crippen LogP contribution is -2.21. The SMILES string of the molecule is CC1CC/C(=N/OCC(=O)O)CC1C. The van der Waals surface area contributed by atoms with Gasteiger partial charge in [0.25, 0.3) is 0 Å². The summed E-state index contributed by atoms with van der Waals surface area (Å²) in [5, 5.41) is 12.2. The quantitative estimate of drug-likeness (QED) is 0.706. The molecule has 0 aromatic rings. The minimum Gasteiger partial charge on any atom is -0.479 e. The van der Waals surface area contributed by atoms with Gasteiger partial charge in [-0.15, -0.1) is 0 Å². The fraction of sp³-hybridized carbons (Fsp3) is 0.800. The second-order valence-corrected chi connectivity index (χ2v) is 4.02. The summed E-state index contributed by atoms with van der Waals surface area (Å²) in [5.41, 5.74) is 0.997. The van der Waals surface area contributed by atoms with E-state index in [1.165, 1.54) is 0 Å². The minimum absolute atomic E-state index is 0.340. The van der Waals surface area contributed by atoms with Crippen LogP contribution in [-0.4, -0.2) is 23.4 Å². The molecule has 0 aliphatic heterocycles. The molecule has 0 spiro atoms. The highest BCUT2D eigenvalue weighted by atomic mass is 16.6. The van der Waals surface area contributed by atoms with E-state index in [2.05, 4.69) is 19.0 Å². The Balaban J connectivity index is 2.34. The number of carboxylic acid groups (broad SMARTS) is 1. The zero-order valence-corrected chi connectivity index (χ0v) is 8.69. The average molecular weight is 199 g/mol. The Hall–Kier alpha value is -1.06. The maximum absolute atomic E-state index is 10.2. The first-order chi connectivity index (χ1) is 6.59. The highest BCUT2D eigenvalue weighted by Crippen LogP contribution is 2.27. The van der Waals surface area contributed by atoms with Crippen LogP contribution < -0.4 is 0 Å². The molecular formula is C10H17NO3. The number of hydrogen-bond donors (Lipinski definition) is 1. The molecule has 1 rings (SSSR count). The van der Waals surface area contributed by atoms with Crippen LogP contribution in [0.15, 0.2) is 5.16 Å². The van der Waals surface area contributed by atoms with Gasteiger partial charge < -0.3 is 9.94 Å². The molecule has 1 aliphatic rings. The number of carboxylic acids is 1. The topological polar surface area (TPSA) is 58.9 Å². The van der Waals surface area contributed by atoms with Crippen LogP contribution in [0.25, 0.3) is 0 Å². The van der Waals surface area contributed by atoms with Gasteiger partial charge in [0.15, 0.2) is 0 Å². The van der Waals surface area contributed by atoms with Gasteiger partial charge in [-0.1, -0.05) is 19.0 Å². The van der Waals surface area contributed by atoms with Crippen LogP contribution in [0.4, 0.5) is 0 Å². The number of aliphatic carboxylic acids is 1. The van der Waals surface area contributed by atoms with Crippen LogP contribution in [0.1, 0.15) is 33.1 Å². The molecule has 0 saturated heterocycles. The Labute approximate surface area is 83.9 Å². The smallest absolute Gasteiger partial charge is 0.344 e. The highest BCUT2D eigenvalue weighted by molar-refractivity contribution is 5.84. The van der Waals surface area contributed by atoms with Gasteiger partial charge in [-0.2, -0.15) is 0 Å². The molecule has 0 amide bonds. The summed E-state index contributed by atoms with van der Waals surface area (Å²) in [6.45, 7) is 4.09. The lowest BCUT2D eigenvalue weighted by atomic mass is 9.81. The fourth-order valence-corrected chi connectivity index (χ4v) is 1.62. The Morgan fingerprint density at radius 2 is 2.29 bits per heavy atom. The molecule has 80 valence electrons. The van der Waals surface area contributed by atoms with E-state index in [1.807, 2.05) is 0 Å². The van der Waals surface area contributed by atoms with Crippen molar-refractivity contribution in [1.82, 2.24) is 0 Å². The van der Waals surface area contributed by atoms with Crippen molar-refractivity contribution in [2.75, 3.05) is 6.61 Å². The van der Waals surface area contributed by atoms with Crippen LogP contribution in [0, 0.1) is 11.8 Å². The summed E-state index contributed by atoms with van der Waals surface area (Å²) in [7, 11) is 0. The first-order valence-electron chi connectivity index (χ1n) is 4.99. The van der Waals surface area contributed by atoms with Crippen LogP contribution >= 0.6 is 0 Å². The molecule has 0 heterocycles. The van der Waals surface area contributed by atoms with Crippen molar-refractivity contribution < 1.29 is 14.7 Å². The summed E-state index contributed by atoms with van der Waals surface area (Å²) >= 11 is 0. The van der Waals surface area contributed by atoms with E-state index < -0.39 is 5.97 Å². The molecule has 14 heavy (non-hydrogen) atoms. The van der Waals surface area contributed by atoms with Crippen molar-refractivity contribution >= 4 is 11.7 Å². The van der Waals surface area contributed by atoms with Crippen LogP contribution in [0.2, 0.25) is 0 Å². The normalized spacial score (nSPS) is 30.3. The molecule has 0 radical (unpaired) electrons. The van der Waals surface area contributed by atoms with Crippen molar-refractivity contribution in [3.8, 4) is 0 Å². The molecule has 0 aromatic heterocycles. The van der Waals surface area contributed by atoms with E-state index in [0.29, 0.717) is 5.92 Å². The Kier molecular flexibility index (Phi) is 3.92. The molecular weight excluding hydrogens is 182 g/mol. The summed E-state index contributed by atoms with van der Waals surface area (Å²) in [4.78, 5) is 14.9. The largest absolute Gasteiger partial charge is 0.479 e. The predicted molar refractivity (Wildman–Crippen MR) is 53.2 cm³/mol. The molecule has 4 nitrogen and oxygen atoms in total. The first kappa shape index (κ1) is 11.0. The molecule has 4 heteroatoms. The van der Waals surface area contributed by atoms with Gasteiger partial charge >= 0.3 is 5.97 Å². The summed E-state index contributed by atoms with van der Waals surface area (Å²) < 4.78 is 0. The number of hydrogen-bond acceptors (Lipinski definition) is 3. The summed E-state index contributed by atoms with van der Waals surface area (Å²) in [6.07, 6.45) is 2.99. The van der Waals surface area contributed by atoms with E-state index in [9.17, 15) is 4.79 Å². The van der Waals surface area contributed by atoms with Gasteiger partial charge in [-0.25, -0.2) is 4.79 Å². The number of carbonyl (C=O) groups is 1. The molecule has 1 fully saturated rings. The fourth-order valence-electron chi connectivity index (χ4n) is 1.62. The second kappa shape index (κ2) is 4.98. The molecule has 1 N–H and O–H groups in total. The van der Waals surface area contributed by atoms with Crippen LogP contribution in [0.3, 0.4) is 0 Å². The monoisotopic (exact) mass is 199 g/mol. The Bertz CT molecular complexity index is 238. The number of rotatable bonds is 3. The Morgan fingerprint density at radius 3 is 2.86 bits per heavy atom. The van der Waals surface area contributed by atoms with Crippen molar-refractivity contribution in [3.63, 3.8) is 0 Å². The molecule has 0 aromatic carbocycles. The molecule has 1 saturated carbocycles. The van der Waals surface area contributed by atoms with E-state index >= 15 is 0 Å². The third kappa shape index (κ3) is 3.36. The average Bonchev–Trinajstić information content (AvgIpc) is 2.10. The lowest BCUT2D eigenvalue weighted by Gasteiger charge is -2.25. The van der Waals surface area contributed by atoms with Gasteiger partial charge in [0.2, 0.25) is 6.61 Å². The van der Waals surface area contributed by atoms with E-state index in [-0.39, 0.29) is 6.61 Å². The van der Waals surface area contributed by atoms with Crippen molar-refractivity contribution in [2.24, 2.45) is 17.0 Å². The first-order valence-corrected chi connectivity index (χ1v) is 4.99. The van der Waals surface area contributed by atoms with Gasteiger partial charge in [-0.3, -0.25) is 0 Å². The van der Waals surface area contributed by atoms with E-state index in [1.54, 1.807) is 0 Å². The van der Waals surface area contributed by atoms with Gasteiger partial charge in [0.1, 0.15) is 0 Å². The third-order valence-electron chi connectivity index (χ3n) is 2.80. The summed E-state index contributed by atoms with van der Waals surface area (Å²) in [6, 6.07) is 0. The molecule has 0 bridgehead atoms. The van der Waals surface area contributed by atoms with E-state index in [0.717, 1.165) is 30.9 Å². The maximum Gasteiger partial charge on any atom is 0.344 e. The standard InChI is InChI=1S/C10H17NO3/c1-7-3-4-9(5-8(7)2)11-14-6-10(12)13/h7-8H,3-6H2,1-2H3,(H,12,13)/b11-9-. The number of nitrogens with zero attached hydrogens (tertiary/aromatic N) is 1. The van der Waals surface area contributed by atoms with Crippen LogP contribution in [-0.2, 0) is 9.63 Å².